The smallest absolute Gasteiger partial charge is 0.407 e. The number of nitrogens with zero attached hydrogens (tertiary/aromatic N) is 2. The van der Waals surface area contributed by atoms with Crippen molar-refractivity contribution in [2.45, 2.75) is 16.4 Å². The molecular weight excluding hydrogens is 500 g/mol. The van der Waals surface area contributed by atoms with E-state index in [1.54, 1.807) is 18.2 Å². The Morgan fingerprint density at radius 3 is 2.79 bits per heavy atom. The fourth-order valence-electron chi connectivity index (χ4n) is 2.71. The quantitative estimate of drug-likeness (QED) is 0.233. The Bertz CT molecular complexity index is 1310. The first-order chi connectivity index (χ1) is 16.1. The number of anilines is 1. The van der Waals surface area contributed by atoms with Gasteiger partial charge in [-0.25, -0.2) is 22.5 Å². The number of alkyl carbamates (subject to hydrolysis) is 1. The third-order valence-corrected chi connectivity index (χ3v) is 8.26. The molecule has 0 saturated carbocycles. The first kappa shape index (κ1) is 25.7. The summed E-state index contributed by atoms with van der Waals surface area (Å²) in [5.41, 5.74) is 1.46. The van der Waals surface area contributed by atoms with Crippen molar-refractivity contribution in [2.75, 3.05) is 38.3 Å². The number of hydrogen-bond acceptors (Lipinski definition) is 9. The zero-order chi connectivity index (χ0) is 24.9. The summed E-state index contributed by atoms with van der Waals surface area (Å²) in [5, 5.41) is 5.12. The number of hydrogen-bond donors (Lipinski definition) is 2. The summed E-state index contributed by atoms with van der Waals surface area (Å²) in [6.07, 6.45) is 1.000. The lowest BCUT2D eigenvalue weighted by atomic mass is 10.2. The van der Waals surface area contributed by atoms with Gasteiger partial charge in [0.15, 0.2) is 4.34 Å². The van der Waals surface area contributed by atoms with Crippen LogP contribution >= 0.6 is 23.1 Å². The number of amides is 2. The van der Waals surface area contributed by atoms with E-state index >= 15 is 0 Å². The molecule has 0 aliphatic heterocycles. The molecule has 3 aromatic rings. The van der Waals surface area contributed by atoms with Gasteiger partial charge in [-0.1, -0.05) is 24.4 Å². The average molecular weight is 525 g/mol. The highest BCUT2D eigenvalue weighted by molar-refractivity contribution is 8.01. The predicted molar refractivity (Wildman–Crippen MR) is 132 cm³/mol. The maximum absolute atomic E-state index is 12.7. The molecule has 1 aromatic carbocycles. The fourth-order valence-corrected chi connectivity index (χ4v) is 5.60. The molecule has 3 rings (SSSR count). The number of aryl methyl sites for hydroxylation is 1. The van der Waals surface area contributed by atoms with Gasteiger partial charge in [-0.15, -0.1) is 11.3 Å². The van der Waals surface area contributed by atoms with E-state index in [1.807, 2.05) is 0 Å². The highest BCUT2D eigenvalue weighted by Gasteiger charge is 2.25. The van der Waals surface area contributed by atoms with E-state index in [1.165, 1.54) is 56.3 Å². The van der Waals surface area contributed by atoms with Crippen LogP contribution in [0.5, 0.6) is 0 Å². The third kappa shape index (κ3) is 6.17. The highest BCUT2D eigenvalue weighted by atomic mass is 32.2. The minimum atomic E-state index is -3.79. The Labute approximate surface area is 205 Å². The summed E-state index contributed by atoms with van der Waals surface area (Å²) in [7, 11) is -1.01. The van der Waals surface area contributed by atoms with Crippen LogP contribution in [0.25, 0.3) is 10.2 Å². The molecule has 0 fully saturated rings. The van der Waals surface area contributed by atoms with E-state index in [0.29, 0.717) is 18.0 Å². The molecule has 10 nitrogen and oxygen atoms in total. The Hall–Kier alpha value is -2.87. The summed E-state index contributed by atoms with van der Waals surface area (Å²) in [5.74, 6) is 0.344. The molecular formula is C21H24N4O6S3. The zero-order valence-corrected chi connectivity index (χ0v) is 21.2. The summed E-state index contributed by atoms with van der Waals surface area (Å²) >= 11 is 2.96. The van der Waals surface area contributed by atoms with Gasteiger partial charge in [-0.2, -0.15) is 0 Å². The number of rotatable bonds is 10. The predicted octanol–water partition coefficient (Wildman–Crippen LogP) is 3.70. The second kappa shape index (κ2) is 11.0. The monoisotopic (exact) mass is 524 g/mol. The van der Waals surface area contributed by atoms with Crippen molar-refractivity contribution in [3.8, 4) is 0 Å². The minimum absolute atomic E-state index is 0.139. The van der Waals surface area contributed by atoms with Crippen molar-refractivity contribution in [1.82, 2.24) is 14.6 Å². The molecule has 0 radical (unpaired) electrons. The largest absolute Gasteiger partial charge is 0.448 e. The van der Waals surface area contributed by atoms with E-state index in [0.717, 1.165) is 18.9 Å². The number of furan rings is 1. The summed E-state index contributed by atoms with van der Waals surface area (Å²) in [6.45, 7) is 5.60. The van der Waals surface area contributed by atoms with Gasteiger partial charge in [-0.3, -0.25) is 4.79 Å². The van der Waals surface area contributed by atoms with Gasteiger partial charge >= 0.3 is 6.09 Å². The Kier molecular flexibility index (Phi) is 8.36. The van der Waals surface area contributed by atoms with Crippen molar-refractivity contribution in [3.63, 3.8) is 0 Å². The standard InChI is InChI=1S/C21H24N4O6S3/c1-5-9-30-20(27)22-8-10-32-21-24-16-7-6-14(11-17(16)33-21)23-19(26)15-12-18(31-13(15)2)34(28,29)25(3)4/h5-7,11-12H,1,8-10H2,2-4H3,(H,22,27)(H,23,26). The lowest BCUT2D eigenvalue weighted by molar-refractivity contribution is 0.102. The summed E-state index contributed by atoms with van der Waals surface area (Å²) < 4.78 is 37.4. The van der Waals surface area contributed by atoms with Crippen LogP contribution in [0, 0.1) is 6.92 Å². The van der Waals surface area contributed by atoms with E-state index in [9.17, 15) is 18.0 Å². The second-order valence-electron chi connectivity index (χ2n) is 7.10. The molecule has 182 valence electrons. The number of ether oxygens (including phenoxy) is 1. The van der Waals surface area contributed by atoms with Crippen LogP contribution < -0.4 is 10.6 Å². The summed E-state index contributed by atoms with van der Waals surface area (Å²) in [4.78, 5) is 28.7. The molecule has 2 N–H and O–H groups in total. The minimum Gasteiger partial charge on any atom is -0.448 e. The molecule has 0 atom stereocenters. The van der Waals surface area contributed by atoms with Crippen molar-refractivity contribution in [3.05, 3.63) is 48.2 Å². The number of carbonyl (C=O) groups excluding carboxylic acids is 2. The Morgan fingerprint density at radius 1 is 1.32 bits per heavy atom. The third-order valence-electron chi connectivity index (χ3n) is 4.43. The number of nitrogens with one attached hydrogen (secondary N) is 2. The van der Waals surface area contributed by atoms with Crippen LogP contribution in [-0.4, -0.2) is 62.7 Å². The number of fused-ring (bicyclic) bond motifs is 1. The number of benzene rings is 1. The average Bonchev–Trinajstić information content (AvgIpc) is 3.38. The normalized spacial score (nSPS) is 11.5. The van der Waals surface area contributed by atoms with Crippen molar-refractivity contribution in [1.29, 1.82) is 0 Å². The van der Waals surface area contributed by atoms with Crippen molar-refractivity contribution < 1.29 is 27.2 Å². The van der Waals surface area contributed by atoms with E-state index in [2.05, 4.69) is 22.2 Å². The molecule has 13 heteroatoms. The molecule has 0 saturated heterocycles. The van der Waals surface area contributed by atoms with Crippen LogP contribution in [0.3, 0.4) is 0 Å². The van der Waals surface area contributed by atoms with Gasteiger partial charge in [0.2, 0.25) is 5.09 Å². The van der Waals surface area contributed by atoms with Crippen LogP contribution in [0.15, 0.2) is 50.8 Å². The van der Waals surface area contributed by atoms with Crippen LogP contribution in [-0.2, 0) is 14.8 Å². The first-order valence-electron chi connectivity index (χ1n) is 10.0. The molecule has 0 bridgehead atoms. The highest BCUT2D eigenvalue weighted by Crippen LogP contribution is 2.31. The molecule has 0 aliphatic carbocycles. The second-order valence-corrected chi connectivity index (χ2v) is 11.6. The number of thiazole rings is 1. The number of sulfonamides is 1. The van der Waals surface area contributed by atoms with Gasteiger partial charge in [0.1, 0.15) is 12.4 Å². The van der Waals surface area contributed by atoms with Gasteiger partial charge in [0.05, 0.1) is 15.8 Å². The van der Waals surface area contributed by atoms with E-state index < -0.39 is 22.0 Å². The zero-order valence-electron chi connectivity index (χ0n) is 18.8. The Morgan fingerprint density at radius 2 is 2.09 bits per heavy atom. The number of carbonyl (C=O) groups is 2. The van der Waals surface area contributed by atoms with Crippen LogP contribution in [0.1, 0.15) is 16.1 Å². The Balaban J connectivity index is 1.63. The van der Waals surface area contributed by atoms with Crippen LogP contribution in [0.2, 0.25) is 0 Å². The molecule has 2 heterocycles. The topological polar surface area (TPSA) is 131 Å². The molecule has 0 unspecified atom stereocenters. The first-order valence-corrected chi connectivity index (χ1v) is 13.2. The van der Waals surface area contributed by atoms with E-state index in [-0.39, 0.29) is 23.0 Å². The molecule has 2 amide bonds. The number of aromatic nitrogens is 1. The lowest BCUT2D eigenvalue weighted by Gasteiger charge is -2.07. The van der Waals surface area contributed by atoms with Crippen molar-refractivity contribution >= 4 is 61.0 Å². The lowest BCUT2D eigenvalue weighted by Crippen LogP contribution is -2.26. The number of thioether (sulfide) groups is 1. The van der Waals surface area contributed by atoms with Gasteiger partial charge < -0.3 is 19.8 Å². The molecule has 0 aliphatic rings. The summed E-state index contributed by atoms with van der Waals surface area (Å²) in [6, 6.07) is 6.53. The van der Waals surface area contributed by atoms with Crippen LogP contribution in [0.4, 0.5) is 10.5 Å². The SMILES string of the molecule is C=CCOC(=O)NCCSc1nc2ccc(NC(=O)c3cc(S(=O)(=O)N(C)C)oc3C)cc2s1. The maximum atomic E-state index is 12.7. The fraction of sp³-hybridized carbons (Fsp3) is 0.286. The van der Waals surface area contributed by atoms with Crippen molar-refractivity contribution in [2.24, 2.45) is 0 Å². The maximum Gasteiger partial charge on any atom is 0.407 e. The van der Waals surface area contributed by atoms with Gasteiger partial charge in [0, 0.05) is 38.1 Å². The molecule has 2 aromatic heterocycles. The van der Waals surface area contributed by atoms with E-state index in [4.69, 9.17) is 9.15 Å². The molecule has 34 heavy (non-hydrogen) atoms. The molecule has 0 spiro atoms. The van der Waals surface area contributed by atoms with Gasteiger partial charge in [-0.05, 0) is 25.1 Å². The van der Waals surface area contributed by atoms with Gasteiger partial charge in [0.25, 0.3) is 15.9 Å².